The summed E-state index contributed by atoms with van der Waals surface area (Å²) in [5.41, 5.74) is 1.78. The fourth-order valence-corrected chi connectivity index (χ4v) is 3.17. The van der Waals surface area contributed by atoms with Crippen molar-refractivity contribution in [3.05, 3.63) is 54.1 Å². The molecule has 0 aliphatic rings. The molecule has 7 heteroatoms. The van der Waals surface area contributed by atoms with Gasteiger partial charge in [0.25, 0.3) is 0 Å². The van der Waals surface area contributed by atoms with E-state index < -0.39 is 10.0 Å². The van der Waals surface area contributed by atoms with Gasteiger partial charge < -0.3 is 9.73 Å². The highest BCUT2D eigenvalue weighted by Crippen LogP contribution is 2.31. The van der Waals surface area contributed by atoms with Crippen LogP contribution < -0.4 is 10.5 Å². The van der Waals surface area contributed by atoms with Crippen molar-refractivity contribution < 1.29 is 12.8 Å². The Morgan fingerprint density at radius 2 is 1.90 bits per heavy atom. The van der Waals surface area contributed by atoms with E-state index in [1.165, 1.54) is 23.5 Å². The van der Waals surface area contributed by atoms with E-state index in [-0.39, 0.29) is 4.90 Å². The lowest BCUT2D eigenvalue weighted by Gasteiger charge is -2.04. The molecule has 3 rings (SSSR count). The number of hydrogen-bond acceptors (Lipinski definition) is 5. The number of furan rings is 1. The van der Waals surface area contributed by atoms with Crippen molar-refractivity contribution in [3.8, 4) is 11.3 Å². The molecule has 5 nitrogen and oxygen atoms in total. The number of nitrogens with two attached hydrogens (primary N) is 1. The van der Waals surface area contributed by atoms with Gasteiger partial charge in [-0.25, -0.2) is 13.6 Å². The molecule has 108 valence electrons. The van der Waals surface area contributed by atoms with Gasteiger partial charge in [-0.3, -0.25) is 0 Å². The Hall–Kier alpha value is -2.09. The minimum absolute atomic E-state index is 0.0931. The molecule has 0 saturated carbocycles. The van der Waals surface area contributed by atoms with Gasteiger partial charge in [-0.2, -0.15) is 0 Å². The van der Waals surface area contributed by atoms with Crippen LogP contribution in [0.4, 0.5) is 10.7 Å². The summed E-state index contributed by atoms with van der Waals surface area (Å²) < 4.78 is 27.7. The van der Waals surface area contributed by atoms with E-state index >= 15 is 0 Å². The SMILES string of the molecule is NS(=O)(=O)c1ccc(Nc2cc(-c3ccco3)cs2)cc1. The molecule has 2 aromatic heterocycles. The van der Waals surface area contributed by atoms with E-state index in [0.717, 1.165) is 22.0 Å². The van der Waals surface area contributed by atoms with Crippen molar-refractivity contribution in [2.75, 3.05) is 5.32 Å². The summed E-state index contributed by atoms with van der Waals surface area (Å²) in [6.07, 6.45) is 1.63. The first-order valence-electron chi connectivity index (χ1n) is 6.05. The Bertz CT molecular complexity index is 835. The highest BCUT2D eigenvalue weighted by molar-refractivity contribution is 7.89. The molecule has 2 heterocycles. The van der Waals surface area contributed by atoms with Crippen LogP contribution in [0.25, 0.3) is 11.3 Å². The van der Waals surface area contributed by atoms with Crippen molar-refractivity contribution in [1.82, 2.24) is 0 Å². The third-order valence-corrected chi connectivity index (χ3v) is 4.63. The normalized spacial score (nSPS) is 11.5. The molecule has 0 amide bonds. The van der Waals surface area contributed by atoms with Gasteiger partial charge >= 0.3 is 0 Å². The van der Waals surface area contributed by atoms with Gasteiger partial charge in [-0.05, 0) is 42.5 Å². The van der Waals surface area contributed by atoms with Crippen molar-refractivity contribution in [2.45, 2.75) is 4.90 Å². The van der Waals surface area contributed by atoms with Crippen molar-refractivity contribution in [1.29, 1.82) is 0 Å². The molecule has 0 aliphatic carbocycles. The summed E-state index contributed by atoms with van der Waals surface area (Å²) in [5, 5.41) is 11.2. The third kappa shape index (κ3) is 3.15. The highest BCUT2D eigenvalue weighted by Gasteiger charge is 2.08. The highest BCUT2D eigenvalue weighted by atomic mass is 32.2. The quantitative estimate of drug-likeness (QED) is 0.771. The molecule has 0 aliphatic heterocycles. The Morgan fingerprint density at radius 3 is 2.52 bits per heavy atom. The summed E-state index contributed by atoms with van der Waals surface area (Å²) in [6, 6.07) is 12.0. The molecular formula is C14H12N2O3S2. The monoisotopic (exact) mass is 320 g/mol. The zero-order valence-corrected chi connectivity index (χ0v) is 12.4. The number of hydrogen-bond donors (Lipinski definition) is 2. The molecule has 0 radical (unpaired) electrons. The molecule has 21 heavy (non-hydrogen) atoms. The number of rotatable bonds is 4. The average molecular weight is 320 g/mol. The Labute approximate surface area is 126 Å². The first-order chi connectivity index (χ1) is 10.0. The summed E-state index contributed by atoms with van der Waals surface area (Å²) in [5.74, 6) is 0.809. The van der Waals surface area contributed by atoms with Crippen LogP contribution >= 0.6 is 11.3 Å². The zero-order chi connectivity index (χ0) is 14.9. The lowest BCUT2D eigenvalue weighted by Crippen LogP contribution is -2.11. The Balaban J connectivity index is 1.78. The molecule has 0 atom stereocenters. The lowest BCUT2D eigenvalue weighted by molar-refractivity contribution is 0.582. The maximum atomic E-state index is 11.2. The molecule has 1 aromatic carbocycles. The second kappa shape index (κ2) is 5.36. The van der Waals surface area contributed by atoms with Crippen LogP contribution in [0.1, 0.15) is 0 Å². The molecule has 3 N–H and O–H groups in total. The lowest BCUT2D eigenvalue weighted by atomic mass is 10.2. The summed E-state index contributed by atoms with van der Waals surface area (Å²) in [7, 11) is -3.66. The number of nitrogens with one attached hydrogen (secondary N) is 1. The molecule has 0 saturated heterocycles. The van der Waals surface area contributed by atoms with Crippen molar-refractivity contribution in [2.24, 2.45) is 5.14 Å². The minimum atomic E-state index is -3.66. The van der Waals surface area contributed by atoms with Gasteiger partial charge in [0.05, 0.1) is 16.2 Å². The number of primary sulfonamides is 1. The first kappa shape index (κ1) is 13.9. The van der Waals surface area contributed by atoms with Crippen LogP contribution in [0.5, 0.6) is 0 Å². The van der Waals surface area contributed by atoms with Crippen LogP contribution in [0, 0.1) is 0 Å². The maximum Gasteiger partial charge on any atom is 0.238 e. The number of thiophene rings is 1. The number of sulfonamides is 1. The van der Waals surface area contributed by atoms with E-state index in [2.05, 4.69) is 5.32 Å². The predicted molar refractivity (Wildman–Crippen MR) is 83.1 cm³/mol. The van der Waals surface area contributed by atoms with Gasteiger partial charge in [-0.1, -0.05) is 0 Å². The van der Waals surface area contributed by atoms with E-state index in [1.807, 2.05) is 23.6 Å². The molecule has 0 spiro atoms. The molecule has 3 aromatic rings. The van der Waals surface area contributed by atoms with Gasteiger partial charge in [0.15, 0.2) is 0 Å². The average Bonchev–Trinajstić information content (AvgIpc) is 3.08. The van der Waals surface area contributed by atoms with Crippen LogP contribution in [0.3, 0.4) is 0 Å². The van der Waals surface area contributed by atoms with Gasteiger partial charge in [0.2, 0.25) is 10.0 Å². The zero-order valence-electron chi connectivity index (χ0n) is 10.8. The fourth-order valence-electron chi connectivity index (χ4n) is 1.84. The van der Waals surface area contributed by atoms with Gasteiger partial charge in [0, 0.05) is 16.6 Å². The van der Waals surface area contributed by atoms with E-state index in [1.54, 1.807) is 18.4 Å². The molecule has 0 fully saturated rings. The first-order valence-corrected chi connectivity index (χ1v) is 8.47. The van der Waals surface area contributed by atoms with E-state index in [0.29, 0.717) is 0 Å². The third-order valence-electron chi connectivity index (χ3n) is 2.86. The molecule has 0 unspecified atom stereocenters. The molecular weight excluding hydrogens is 308 g/mol. The fraction of sp³-hybridized carbons (Fsp3) is 0. The molecule has 0 bridgehead atoms. The largest absolute Gasteiger partial charge is 0.464 e. The number of benzene rings is 1. The summed E-state index contributed by atoms with van der Waals surface area (Å²) in [6.45, 7) is 0. The number of anilines is 2. The van der Waals surface area contributed by atoms with Gasteiger partial charge in [0.1, 0.15) is 5.76 Å². The van der Waals surface area contributed by atoms with E-state index in [9.17, 15) is 8.42 Å². The van der Waals surface area contributed by atoms with Crippen LogP contribution in [0.15, 0.2) is 63.4 Å². The smallest absolute Gasteiger partial charge is 0.238 e. The topological polar surface area (TPSA) is 85.3 Å². The minimum Gasteiger partial charge on any atom is -0.464 e. The second-order valence-electron chi connectivity index (χ2n) is 4.37. The predicted octanol–water partition coefficient (Wildman–Crippen LogP) is 3.40. The van der Waals surface area contributed by atoms with Crippen LogP contribution in [0.2, 0.25) is 0 Å². The second-order valence-corrected chi connectivity index (χ2v) is 6.84. The van der Waals surface area contributed by atoms with Gasteiger partial charge in [-0.15, -0.1) is 11.3 Å². The Morgan fingerprint density at radius 1 is 1.14 bits per heavy atom. The van der Waals surface area contributed by atoms with Crippen LogP contribution in [-0.4, -0.2) is 8.42 Å². The summed E-state index contributed by atoms with van der Waals surface area (Å²) >= 11 is 1.54. The van der Waals surface area contributed by atoms with Crippen LogP contribution in [-0.2, 0) is 10.0 Å². The Kier molecular flexibility index (Phi) is 3.54. The standard InChI is InChI=1S/C14H12N2O3S2/c15-21(17,18)12-5-3-11(4-6-12)16-14-8-10(9-20-14)13-2-1-7-19-13/h1-9,16H,(H2,15,17,18). The van der Waals surface area contributed by atoms with Crippen molar-refractivity contribution >= 4 is 32.0 Å². The van der Waals surface area contributed by atoms with E-state index in [4.69, 9.17) is 9.56 Å². The summed E-state index contributed by atoms with van der Waals surface area (Å²) in [4.78, 5) is 0.0931. The maximum absolute atomic E-state index is 11.2. The van der Waals surface area contributed by atoms with Crippen molar-refractivity contribution in [3.63, 3.8) is 0 Å².